The van der Waals surface area contributed by atoms with Crippen molar-refractivity contribution in [2.45, 2.75) is 12.5 Å². The van der Waals surface area contributed by atoms with Gasteiger partial charge in [-0.05, 0) is 31.2 Å². The molecule has 2 aliphatic heterocycles. The second-order valence-corrected chi connectivity index (χ2v) is 7.12. The number of hydrogen-bond acceptors (Lipinski definition) is 5. The van der Waals surface area contributed by atoms with Crippen molar-refractivity contribution in [3.05, 3.63) is 58.6 Å². The largest absolute Gasteiger partial charge is 0.486 e. The fraction of sp³-hybridized carbons (Fsp3) is 0.250. The van der Waals surface area contributed by atoms with Gasteiger partial charge in [0.25, 0.3) is 5.91 Å². The number of halogens is 1. The molecule has 0 unspecified atom stereocenters. The summed E-state index contributed by atoms with van der Waals surface area (Å²) in [5.41, 5.74) is -0.525. The molecule has 28 heavy (non-hydrogen) atoms. The van der Waals surface area contributed by atoms with Crippen molar-refractivity contribution >= 4 is 29.3 Å². The molecular formula is C20H17ClN2O5. The van der Waals surface area contributed by atoms with Crippen LogP contribution in [0.25, 0.3) is 0 Å². The molecule has 2 aliphatic rings. The Balaban J connectivity index is 1.57. The Bertz CT molecular complexity index is 992. The monoisotopic (exact) mass is 400 g/mol. The van der Waals surface area contributed by atoms with Gasteiger partial charge in [-0.1, -0.05) is 29.8 Å². The first-order valence-electron chi connectivity index (χ1n) is 8.72. The maximum Gasteiger partial charge on any atom is 0.325 e. The Morgan fingerprint density at radius 3 is 2.61 bits per heavy atom. The highest BCUT2D eigenvalue weighted by Gasteiger charge is 2.50. The number of ketones is 1. The molecular weight excluding hydrogens is 384 g/mol. The van der Waals surface area contributed by atoms with E-state index in [-0.39, 0.29) is 12.3 Å². The Labute approximate surface area is 166 Å². The van der Waals surface area contributed by atoms with Gasteiger partial charge >= 0.3 is 6.03 Å². The second-order valence-electron chi connectivity index (χ2n) is 6.71. The van der Waals surface area contributed by atoms with Gasteiger partial charge in [0.15, 0.2) is 17.3 Å². The van der Waals surface area contributed by atoms with Crippen LogP contribution in [-0.2, 0) is 10.3 Å². The van der Waals surface area contributed by atoms with Crippen molar-refractivity contribution in [2.75, 3.05) is 19.8 Å². The third kappa shape index (κ3) is 2.97. The minimum atomic E-state index is -1.33. The molecule has 8 heteroatoms. The van der Waals surface area contributed by atoms with Crippen molar-refractivity contribution < 1.29 is 23.9 Å². The second kappa shape index (κ2) is 6.83. The fourth-order valence-electron chi connectivity index (χ4n) is 3.34. The zero-order valence-electron chi connectivity index (χ0n) is 15.0. The van der Waals surface area contributed by atoms with E-state index in [0.29, 0.717) is 40.9 Å². The van der Waals surface area contributed by atoms with Gasteiger partial charge in [0.05, 0.1) is 6.54 Å². The molecule has 144 valence electrons. The number of rotatable bonds is 4. The highest BCUT2D eigenvalue weighted by molar-refractivity contribution is 6.32. The van der Waals surface area contributed by atoms with Crippen LogP contribution in [0.2, 0.25) is 5.02 Å². The summed E-state index contributed by atoms with van der Waals surface area (Å²) in [6.45, 7) is 2.03. The van der Waals surface area contributed by atoms with Gasteiger partial charge in [-0.2, -0.15) is 0 Å². The summed E-state index contributed by atoms with van der Waals surface area (Å²) in [7, 11) is 0. The van der Waals surface area contributed by atoms with Gasteiger partial charge in [-0.3, -0.25) is 14.5 Å². The molecule has 0 spiro atoms. The zero-order valence-corrected chi connectivity index (χ0v) is 15.8. The van der Waals surface area contributed by atoms with Crippen LogP contribution in [-0.4, -0.2) is 42.4 Å². The smallest absolute Gasteiger partial charge is 0.325 e. The normalized spacial score (nSPS) is 20.9. The number of nitrogens with one attached hydrogen (secondary N) is 1. The molecule has 1 atom stereocenters. The van der Waals surface area contributed by atoms with Crippen molar-refractivity contribution in [3.63, 3.8) is 0 Å². The number of Topliss-reactive ketones (excluding diaryl/α,β-unsaturated/α-hetero) is 1. The van der Waals surface area contributed by atoms with Gasteiger partial charge in [-0.25, -0.2) is 4.79 Å². The van der Waals surface area contributed by atoms with E-state index in [9.17, 15) is 14.4 Å². The molecule has 2 aromatic rings. The number of hydrogen-bond donors (Lipinski definition) is 1. The average molecular weight is 401 g/mol. The Morgan fingerprint density at radius 1 is 1.14 bits per heavy atom. The summed E-state index contributed by atoms with van der Waals surface area (Å²) in [5.74, 6) is 0.111. The number of carbonyl (C=O) groups is 3. The number of nitrogens with zero attached hydrogens (tertiary/aromatic N) is 1. The van der Waals surface area contributed by atoms with Crippen LogP contribution >= 0.6 is 11.6 Å². The van der Waals surface area contributed by atoms with Crippen LogP contribution in [0.3, 0.4) is 0 Å². The molecule has 0 aromatic heterocycles. The molecule has 3 amide bonds. The number of amides is 3. The van der Waals surface area contributed by atoms with Gasteiger partial charge in [0.2, 0.25) is 0 Å². The third-order valence-corrected chi connectivity index (χ3v) is 5.18. The molecule has 2 heterocycles. The molecule has 0 aliphatic carbocycles. The van der Waals surface area contributed by atoms with Crippen LogP contribution < -0.4 is 14.8 Å². The maximum absolute atomic E-state index is 13.0. The minimum absolute atomic E-state index is 0.330. The van der Waals surface area contributed by atoms with Gasteiger partial charge in [-0.15, -0.1) is 0 Å². The standard InChI is InChI=1S/C20H17ClN2O5/c1-20(13-4-2-3-5-14(13)21)18(25)23(19(26)22-20)11-15(24)12-6-7-16-17(10-12)28-9-8-27-16/h2-7,10H,8-9,11H2,1H3,(H,22,26)/t20-/m1/s1. The molecule has 1 saturated heterocycles. The fourth-order valence-corrected chi connectivity index (χ4v) is 3.67. The number of benzene rings is 2. The maximum atomic E-state index is 13.0. The molecule has 1 fully saturated rings. The SMILES string of the molecule is C[C@]1(c2ccccc2Cl)NC(=O)N(CC(=O)c2ccc3c(c2)OCCO3)C1=O. The molecule has 2 aromatic carbocycles. The summed E-state index contributed by atoms with van der Waals surface area (Å²) in [6, 6.07) is 10.9. The third-order valence-electron chi connectivity index (χ3n) is 4.85. The van der Waals surface area contributed by atoms with Crippen LogP contribution in [0.4, 0.5) is 4.79 Å². The number of urea groups is 1. The summed E-state index contributed by atoms with van der Waals surface area (Å²) < 4.78 is 10.9. The molecule has 0 radical (unpaired) electrons. The first kappa shape index (κ1) is 18.3. The lowest BCUT2D eigenvalue weighted by atomic mass is 9.92. The van der Waals surface area contributed by atoms with E-state index < -0.39 is 17.5 Å². The predicted molar refractivity (Wildman–Crippen MR) is 101 cm³/mol. The Hall–Kier alpha value is -3.06. The number of imide groups is 1. The van der Waals surface area contributed by atoms with E-state index >= 15 is 0 Å². The minimum Gasteiger partial charge on any atom is -0.486 e. The summed E-state index contributed by atoms with van der Waals surface area (Å²) >= 11 is 6.21. The summed E-state index contributed by atoms with van der Waals surface area (Å²) in [6.07, 6.45) is 0. The van der Waals surface area contributed by atoms with Crippen LogP contribution in [0.1, 0.15) is 22.8 Å². The highest BCUT2D eigenvalue weighted by Crippen LogP contribution is 2.34. The quantitative estimate of drug-likeness (QED) is 0.630. The summed E-state index contributed by atoms with van der Waals surface area (Å²) in [4.78, 5) is 39.0. The number of ether oxygens (including phenoxy) is 2. The predicted octanol–water partition coefficient (Wildman–Crippen LogP) is 2.76. The molecule has 0 saturated carbocycles. The van der Waals surface area contributed by atoms with Crippen molar-refractivity contribution in [2.24, 2.45) is 0 Å². The molecule has 4 rings (SSSR count). The van der Waals surface area contributed by atoms with Crippen molar-refractivity contribution in [3.8, 4) is 11.5 Å². The van der Waals surface area contributed by atoms with Gasteiger partial charge < -0.3 is 14.8 Å². The van der Waals surface area contributed by atoms with Crippen LogP contribution in [0.5, 0.6) is 11.5 Å². The molecule has 1 N–H and O–H groups in total. The van der Waals surface area contributed by atoms with Crippen LogP contribution in [0, 0.1) is 0 Å². The van der Waals surface area contributed by atoms with E-state index in [1.54, 1.807) is 49.4 Å². The first-order valence-corrected chi connectivity index (χ1v) is 9.10. The molecule has 0 bridgehead atoms. The number of carbonyl (C=O) groups excluding carboxylic acids is 3. The van der Waals surface area contributed by atoms with E-state index in [4.69, 9.17) is 21.1 Å². The van der Waals surface area contributed by atoms with Crippen molar-refractivity contribution in [1.82, 2.24) is 10.2 Å². The van der Waals surface area contributed by atoms with E-state index in [1.165, 1.54) is 0 Å². The van der Waals surface area contributed by atoms with Gasteiger partial charge in [0, 0.05) is 16.1 Å². The lowest BCUT2D eigenvalue weighted by Crippen LogP contribution is -2.41. The van der Waals surface area contributed by atoms with E-state index in [1.807, 2.05) is 0 Å². The van der Waals surface area contributed by atoms with Crippen LogP contribution in [0.15, 0.2) is 42.5 Å². The zero-order chi connectivity index (χ0) is 19.9. The Kier molecular flexibility index (Phi) is 4.47. The number of fused-ring (bicyclic) bond motifs is 1. The van der Waals surface area contributed by atoms with E-state index in [0.717, 1.165) is 4.90 Å². The van der Waals surface area contributed by atoms with Gasteiger partial charge in [0.1, 0.15) is 18.8 Å². The molecule has 7 nitrogen and oxygen atoms in total. The van der Waals surface area contributed by atoms with Crippen molar-refractivity contribution in [1.29, 1.82) is 0 Å². The lowest BCUT2D eigenvalue weighted by molar-refractivity contribution is -0.130. The highest BCUT2D eigenvalue weighted by atomic mass is 35.5. The topological polar surface area (TPSA) is 84.9 Å². The summed E-state index contributed by atoms with van der Waals surface area (Å²) in [5, 5.41) is 3.01. The average Bonchev–Trinajstić information content (AvgIpc) is 2.91. The Morgan fingerprint density at radius 2 is 1.86 bits per heavy atom. The lowest BCUT2D eigenvalue weighted by Gasteiger charge is -2.23. The van der Waals surface area contributed by atoms with E-state index in [2.05, 4.69) is 5.32 Å². The first-order chi connectivity index (χ1) is 13.4.